The second kappa shape index (κ2) is 6.17. The van der Waals surface area contributed by atoms with Gasteiger partial charge < -0.3 is 14.4 Å². The maximum atomic E-state index is 12.6. The highest BCUT2D eigenvalue weighted by atomic mass is 16.6. The minimum Gasteiger partial charge on any atom is -0.375 e. The van der Waals surface area contributed by atoms with Crippen LogP contribution in [0.4, 0.5) is 0 Å². The van der Waals surface area contributed by atoms with E-state index in [0.29, 0.717) is 13.2 Å². The van der Waals surface area contributed by atoms with Gasteiger partial charge in [-0.05, 0) is 37.7 Å². The van der Waals surface area contributed by atoms with E-state index in [4.69, 9.17) is 9.47 Å². The molecule has 1 spiro atoms. The molecular weight excluding hydrogens is 294 g/mol. The van der Waals surface area contributed by atoms with Crippen LogP contribution in [-0.2, 0) is 9.47 Å². The highest BCUT2D eigenvalue weighted by Crippen LogP contribution is 2.37. The summed E-state index contributed by atoms with van der Waals surface area (Å²) in [5, 5.41) is 0. The van der Waals surface area contributed by atoms with Crippen molar-refractivity contribution < 1.29 is 14.3 Å². The summed E-state index contributed by atoms with van der Waals surface area (Å²) in [7, 11) is 0. The van der Waals surface area contributed by atoms with Crippen molar-refractivity contribution in [3.05, 3.63) is 24.3 Å². The molecule has 124 valence electrons. The van der Waals surface area contributed by atoms with Crippen LogP contribution in [0.15, 0.2) is 18.5 Å². The quantitative estimate of drug-likeness (QED) is 0.845. The van der Waals surface area contributed by atoms with E-state index in [1.54, 1.807) is 18.5 Å². The molecule has 0 N–H and O–H groups in total. The van der Waals surface area contributed by atoms with Gasteiger partial charge in [0.05, 0.1) is 24.9 Å². The van der Waals surface area contributed by atoms with Crippen LogP contribution < -0.4 is 0 Å². The minimum atomic E-state index is -0.239. The molecule has 0 bridgehead atoms. The second-order valence-electron chi connectivity index (χ2n) is 7.00. The molecule has 2 saturated heterocycles. The van der Waals surface area contributed by atoms with Crippen LogP contribution in [0.3, 0.4) is 0 Å². The Hall–Kier alpha value is -1.53. The molecule has 0 radical (unpaired) electrons. The zero-order valence-electron chi connectivity index (χ0n) is 13.3. The third kappa shape index (κ3) is 3.38. The number of nitrogens with zero attached hydrogens (tertiary/aromatic N) is 3. The van der Waals surface area contributed by atoms with Crippen LogP contribution in [0.5, 0.6) is 0 Å². The highest BCUT2D eigenvalue weighted by molar-refractivity contribution is 5.90. The van der Waals surface area contributed by atoms with Crippen molar-refractivity contribution in [3.63, 3.8) is 0 Å². The van der Waals surface area contributed by atoms with E-state index in [1.807, 2.05) is 4.90 Å². The van der Waals surface area contributed by atoms with E-state index < -0.39 is 0 Å². The van der Waals surface area contributed by atoms with Gasteiger partial charge in [-0.3, -0.25) is 4.79 Å². The van der Waals surface area contributed by atoms with Crippen molar-refractivity contribution in [3.8, 4) is 0 Å². The van der Waals surface area contributed by atoms with Crippen LogP contribution in [0.25, 0.3) is 0 Å². The van der Waals surface area contributed by atoms with E-state index in [0.717, 1.165) is 38.3 Å². The van der Waals surface area contributed by atoms with Crippen LogP contribution in [-0.4, -0.2) is 58.8 Å². The number of hydrogen-bond acceptors (Lipinski definition) is 5. The lowest BCUT2D eigenvalue weighted by Gasteiger charge is -2.39. The standard InChI is InChI=1S/C17H23N3O3/c21-16(15-18-6-2-7-19-15)20-8-1-5-17(12-20)9-14(11-23-17)22-10-13-3-4-13/h2,6-7,13-14H,1,3-5,8-12H2/t14-,17-/m0/s1. The molecule has 1 aliphatic carbocycles. The summed E-state index contributed by atoms with van der Waals surface area (Å²) in [4.78, 5) is 22.5. The summed E-state index contributed by atoms with van der Waals surface area (Å²) >= 11 is 0. The van der Waals surface area contributed by atoms with Gasteiger partial charge in [0.2, 0.25) is 5.82 Å². The Balaban J connectivity index is 1.37. The molecule has 23 heavy (non-hydrogen) atoms. The molecule has 6 nitrogen and oxygen atoms in total. The predicted octanol–water partition coefficient (Wildman–Crippen LogP) is 1.67. The number of piperidine rings is 1. The van der Waals surface area contributed by atoms with Crippen molar-refractivity contribution in [1.82, 2.24) is 14.9 Å². The van der Waals surface area contributed by atoms with Crippen molar-refractivity contribution in [2.75, 3.05) is 26.3 Å². The summed E-state index contributed by atoms with van der Waals surface area (Å²) in [5.41, 5.74) is -0.239. The number of ether oxygens (including phenoxy) is 2. The Kier molecular flexibility index (Phi) is 4.03. The topological polar surface area (TPSA) is 64.6 Å². The second-order valence-corrected chi connectivity index (χ2v) is 7.00. The number of likely N-dealkylation sites (tertiary alicyclic amines) is 1. The van der Waals surface area contributed by atoms with E-state index in [1.165, 1.54) is 12.8 Å². The molecule has 2 aliphatic heterocycles. The Morgan fingerprint density at radius 3 is 3.00 bits per heavy atom. The molecule has 0 aromatic carbocycles. The highest BCUT2D eigenvalue weighted by Gasteiger charge is 2.45. The summed E-state index contributed by atoms with van der Waals surface area (Å²) in [6.45, 7) is 2.88. The summed E-state index contributed by atoms with van der Waals surface area (Å²) in [6, 6.07) is 1.72. The summed E-state index contributed by atoms with van der Waals surface area (Å²) in [6.07, 6.45) is 8.83. The molecule has 6 heteroatoms. The monoisotopic (exact) mass is 317 g/mol. The Morgan fingerprint density at radius 2 is 2.22 bits per heavy atom. The number of amides is 1. The third-order valence-corrected chi connectivity index (χ3v) is 5.02. The summed E-state index contributed by atoms with van der Waals surface area (Å²) < 4.78 is 12.1. The minimum absolute atomic E-state index is 0.101. The Labute approximate surface area is 136 Å². The lowest BCUT2D eigenvalue weighted by molar-refractivity contribution is -0.0467. The van der Waals surface area contributed by atoms with E-state index in [9.17, 15) is 4.79 Å². The van der Waals surface area contributed by atoms with Gasteiger partial charge in [-0.15, -0.1) is 0 Å². The van der Waals surface area contributed by atoms with Crippen molar-refractivity contribution in [2.45, 2.75) is 43.8 Å². The largest absolute Gasteiger partial charge is 0.375 e. The van der Waals surface area contributed by atoms with E-state index in [2.05, 4.69) is 9.97 Å². The molecule has 3 fully saturated rings. The first-order chi connectivity index (χ1) is 11.2. The smallest absolute Gasteiger partial charge is 0.291 e. The van der Waals surface area contributed by atoms with Crippen molar-refractivity contribution >= 4 is 5.91 Å². The van der Waals surface area contributed by atoms with Crippen LogP contribution in [0.2, 0.25) is 0 Å². The van der Waals surface area contributed by atoms with Crippen LogP contribution >= 0.6 is 0 Å². The van der Waals surface area contributed by atoms with E-state index >= 15 is 0 Å². The first-order valence-electron chi connectivity index (χ1n) is 8.56. The zero-order valence-corrected chi connectivity index (χ0v) is 13.3. The molecule has 3 heterocycles. The maximum absolute atomic E-state index is 12.6. The molecular formula is C17H23N3O3. The van der Waals surface area contributed by atoms with Gasteiger partial charge in [-0.25, -0.2) is 9.97 Å². The fourth-order valence-corrected chi connectivity index (χ4v) is 3.57. The molecule has 1 aromatic rings. The van der Waals surface area contributed by atoms with E-state index in [-0.39, 0.29) is 23.4 Å². The lowest BCUT2D eigenvalue weighted by atomic mass is 9.89. The fourth-order valence-electron chi connectivity index (χ4n) is 3.57. The number of carbonyl (C=O) groups excluding carboxylic acids is 1. The SMILES string of the molecule is O=C(c1ncccn1)N1CCC[C@]2(C[C@H](OCC3CC3)CO2)C1. The summed E-state index contributed by atoms with van der Waals surface area (Å²) in [5.74, 6) is 0.936. The zero-order chi connectivity index (χ0) is 15.7. The number of aromatic nitrogens is 2. The van der Waals surface area contributed by atoms with Gasteiger partial charge in [0.25, 0.3) is 5.91 Å². The normalized spacial score (nSPS) is 30.8. The first kappa shape index (κ1) is 15.0. The predicted molar refractivity (Wildman–Crippen MR) is 82.9 cm³/mol. The number of rotatable bonds is 4. The van der Waals surface area contributed by atoms with Gasteiger partial charge in [-0.2, -0.15) is 0 Å². The molecule has 1 amide bonds. The Bertz CT molecular complexity index is 563. The van der Waals surface area contributed by atoms with Gasteiger partial charge in [0.15, 0.2) is 0 Å². The lowest BCUT2D eigenvalue weighted by Crippen LogP contribution is -2.50. The molecule has 2 atom stereocenters. The van der Waals surface area contributed by atoms with Gasteiger partial charge in [0.1, 0.15) is 0 Å². The van der Waals surface area contributed by atoms with Gasteiger partial charge in [-0.1, -0.05) is 0 Å². The fraction of sp³-hybridized carbons (Fsp3) is 0.706. The number of hydrogen-bond donors (Lipinski definition) is 0. The van der Waals surface area contributed by atoms with Crippen molar-refractivity contribution in [2.24, 2.45) is 5.92 Å². The number of carbonyl (C=O) groups is 1. The average Bonchev–Trinajstić information content (AvgIpc) is 3.35. The molecule has 1 saturated carbocycles. The van der Waals surface area contributed by atoms with Crippen LogP contribution in [0.1, 0.15) is 42.7 Å². The van der Waals surface area contributed by atoms with Gasteiger partial charge >= 0.3 is 0 Å². The first-order valence-corrected chi connectivity index (χ1v) is 8.56. The molecule has 3 aliphatic rings. The average molecular weight is 317 g/mol. The molecule has 0 unspecified atom stereocenters. The molecule has 1 aromatic heterocycles. The van der Waals surface area contributed by atoms with Crippen LogP contribution in [0, 0.1) is 5.92 Å². The third-order valence-electron chi connectivity index (χ3n) is 5.02. The maximum Gasteiger partial charge on any atom is 0.291 e. The van der Waals surface area contributed by atoms with Crippen molar-refractivity contribution in [1.29, 1.82) is 0 Å². The van der Waals surface area contributed by atoms with Gasteiger partial charge in [0, 0.05) is 32.0 Å². The Morgan fingerprint density at radius 1 is 1.39 bits per heavy atom. The molecule has 4 rings (SSSR count).